The molecule has 0 radical (unpaired) electrons. The Kier molecular flexibility index (Phi) is 8.61. The van der Waals surface area contributed by atoms with Crippen LogP contribution in [0.1, 0.15) is 36.2 Å². The monoisotopic (exact) mass is 585 g/mol. The van der Waals surface area contributed by atoms with Crippen LogP contribution in [0.5, 0.6) is 11.5 Å². The molecule has 0 bridgehead atoms. The van der Waals surface area contributed by atoms with Crippen molar-refractivity contribution in [3.8, 4) is 11.5 Å². The van der Waals surface area contributed by atoms with Gasteiger partial charge in [-0.2, -0.15) is 0 Å². The third kappa shape index (κ3) is 5.85. The van der Waals surface area contributed by atoms with Crippen LogP contribution in [0.2, 0.25) is 5.02 Å². The minimum absolute atomic E-state index is 0.249. The highest BCUT2D eigenvalue weighted by molar-refractivity contribution is 14.1. The lowest BCUT2D eigenvalue weighted by molar-refractivity contribution is -0.122. The van der Waals surface area contributed by atoms with E-state index in [-0.39, 0.29) is 17.2 Å². The average molecular weight is 586 g/mol. The fourth-order valence-corrected chi connectivity index (χ4v) is 4.68. The van der Waals surface area contributed by atoms with Crippen molar-refractivity contribution in [2.75, 3.05) is 19.8 Å². The molecule has 6 nitrogen and oxygen atoms in total. The molecule has 1 fully saturated rings. The van der Waals surface area contributed by atoms with Gasteiger partial charge in [-0.25, -0.2) is 0 Å². The molecule has 0 saturated carbocycles. The molecule has 0 unspecified atom stereocenters. The maximum atomic E-state index is 12.8. The second kappa shape index (κ2) is 11.2. The highest BCUT2D eigenvalue weighted by Gasteiger charge is 2.36. The fraction of sp³-hybridized carbons (Fsp3) is 0.261. The van der Waals surface area contributed by atoms with E-state index in [9.17, 15) is 14.4 Å². The number of halogens is 2. The van der Waals surface area contributed by atoms with Crippen LogP contribution in [0.3, 0.4) is 0 Å². The van der Waals surface area contributed by atoms with E-state index in [0.29, 0.717) is 40.9 Å². The Hall–Kier alpha value is -2.04. The van der Waals surface area contributed by atoms with E-state index in [1.807, 2.05) is 19.9 Å². The number of amides is 2. The van der Waals surface area contributed by atoms with E-state index in [4.69, 9.17) is 21.1 Å². The number of ketones is 1. The Labute approximate surface area is 209 Å². The second-order valence-electron chi connectivity index (χ2n) is 6.81. The molecule has 1 saturated heterocycles. The molecule has 0 spiro atoms. The van der Waals surface area contributed by atoms with Crippen LogP contribution in [-0.2, 0) is 4.79 Å². The third-order valence-electron chi connectivity index (χ3n) is 4.42. The summed E-state index contributed by atoms with van der Waals surface area (Å²) in [5, 5.41) is 0.0222. The quantitative estimate of drug-likeness (QED) is 0.203. The van der Waals surface area contributed by atoms with Gasteiger partial charge in [0.15, 0.2) is 17.3 Å². The van der Waals surface area contributed by atoms with E-state index >= 15 is 0 Å². The van der Waals surface area contributed by atoms with Crippen molar-refractivity contribution in [2.45, 2.75) is 20.3 Å². The first-order valence-corrected chi connectivity index (χ1v) is 12.2. The van der Waals surface area contributed by atoms with Crippen molar-refractivity contribution in [1.82, 2.24) is 4.90 Å². The van der Waals surface area contributed by atoms with E-state index in [0.717, 1.165) is 26.7 Å². The maximum absolute atomic E-state index is 12.8. The van der Waals surface area contributed by atoms with Crippen LogP contribution in [0.25, 0.3) is 6.08 Å². The lowest BCUT2D eigenvalue weighted by atomic mass is 10.1. The summed E-state index contributed by atoms with van der Waals surface area (Å²) in [6.07, 6.45) is 2.50. The summed E-state index contributed by atoms with van der Waals surface area (Å²) >= 11 is 8.82. The molecule has 1 aliphatic rings. The number of nitrogens with zero attached hydrogens (tertiary/aromatic N) is 1. The van der Waals surface area contributed by atoms with Crippen LogP contribution in [0.15, 0.2) is 41.3 Å². The number of ether oxygens (including phenoxy) is 2. The Morgan fingerprint density at radius 1 is 1.16 bits per heavy atom. The minimum atomic E-state index is -0.499. The van der Waals surface area contributed by atoms with Gasteiger partial charge in [0.1, 0.15) is 0 Å². The van der Waals surface area contributed by atoms with Crippen molar-refractivity contribution in [3.05, 3.63) is 61.0 Å². The van der Waals surface area contributed by atoms with Gasteiger partial charge in [0, 0.05) is 10.6 Å². The average Bonchev–Trinajstić information content (AvgIpc) is 3.01. The largest absolute Gasteiger partial charge is 0.490 e. The first-order valence-electron chi connectivity index (χ1n) is 9.97. The van der Waals surface area contributed by atoms with Gasteiger partial charge in [0.05, 0.1) is 28.2 Å². The van der Waals surface area contributed by atoms with Gasteiger partial charge in [-0.15, -0.1) is 0 Å². The van der Waals surface area contributed by atoms with Crippen molar-refractivity contribution >= 4 is 69.0 Å². The number of carbonyl (C=O) groups excluding carboxylic acids is 3. The summed E-state index contributed by atoms with van der Waals surface area (Å²) in [6.45, 7) is 4.61. The number of imide groups is 1. The smallest absolute Gasteiger partial charge is 0.293 e. The van der Waals surface area contributed by atoms with Gasteiger partial charge in [0.25, 0.3) is 11.1 Å². The van der Waals surface area contributed by atoms with Crippen LogP contribution >= 0.6 is 46.0 Å². The standard InChI is InChI=1S/C23H21ClINO5S/c1-3-9-31-21-17(25)10-14(11-19(21)30-4-2)12-20-22(28)26(23(29)32-20)13-18(27)15-5-7-16(24)8-6-15/h5-8,10-12H,3-4,9,13H2,1-2H3/b20-12-. The summed E-state index contributed by atoms with van der Waals surface area (Å²) < 4.78 is 12.4. The topological polar surface area (TPSA) is 72.9 Å². The maximum Gasteiger partial charge on any atom is 0.293 e. The SMILES string of the molecule is CCCOc1c(I)cc(/C=C2\SC(=O)N(CC(=O)c3ccc(Cl)cc3)C2=O)cc1OCC. The van der Waals surface area contributed by atoms with Crippen molar-refractivity contribution in [1.29, 1.82) is 0 Å². The molecule has 0 aromatic heterocycles. The molecule has 9 heteroatoms. The van der Waals surface area contributed by atoms with Crippen molar-refractivity contribution in [3.63, 3.8) is 0 Å². The zero-order valence-electron chi connectivity index (χ0n) is 17.5. The van der Waals surface area contributed by atoms with Crippen LogP contribution in [0, 0.1) is 3.57 Å². The molecule has 0 N–H and O–H groups in total. The van der Waals surface area contributed by atoms with Crippen molar-refractivity contribution in [2.24, 2.45) is 0 Å². The molecule has 2 amide bonds. The Bertz CT molecular complexity index is 1070. The summed E-state index contributed by atoms with van der Waals surface area (Å²) in [5.41, 5.74) is 1.09. The molecule has 2 aromatic carbocycles. The number of hydrogen-bond acceptors (Lipinski definition) is 6. The summed E-state index contributed by atoms with van der Waals surface area (Å²) in [5.74, 6) is 0.404. The number of hydrogen-bond donors (Lipinski definition) is 0. The molecule has 3 rings (SSSR count). The number of benzene rings is 2. The normalized spacial score (nSPS) is 14.9. The molecule has 2 aromatic rings. The Morgan fingerprint density at radius 2 is 1.88 bits per heavy atom. The molecule has 32 heavy (non-hydrogen) atoms. The minimum Gasteiger partial charge on any atom is -0.490 e. The molecule has 0 aliphatic carbocycles. The molecule has 168 valence electrons. The zero-order chi connectivity index (χ0) is 23.3. The molecule has 0 atom stereocenters. The molecule has 1 heterocycles. The van der Waals surface area contributed by atoms with E-state index in [2.05, 4.69) is 22.6 Å². The summed E-state index contributed by atoms with van der Waals surface area (Å²) in [4.78, 5) is 39.0. The molecular weight excluding hydrogens is 565 g/mol. The number of thioether (sulfide) groups is 1. The van der Waals surface area contributed by atoms with Gasteiger partial charge < -0.3 is 9.47 Å². The van der Waals surface area contributed by atoms with Crippen molar-refractivity contribution < 1.29 is 23.9 Å². The Morgan fingerprint density at radius 3 is 2.53 bits per heavy atom. The van der Waals surface area contributed by atoms with E-state index in [1.54, 1.807) is 36.4 Å². The van der Waals surface area contributed by atoms with Crippen LogP contribution < -0.4 is 9.47 Å². The summed E-state index contributed by atoms with van der Waals surface area (Å²) in [7, 11) is 0. The highest BCUT2D eigenvalue weighted by atomic mass is 127. The summed E-state index contributed by atoms with van der Waals surface area (Å²) in [6, 6.07) is 9.96. The first kappa shape index (κ1) is 24.6. The number of rotatable bonds is 9. The lowest BCUT2D eigenvalue weighted by Gasteiger charge is -2.14. The first-order chi connectivity index (χ1) is 15.3. The molecule has 1 aliphatic heterocycles. The predicted octanol–water partition coefficient (Wildman–Crippen LogP) is 6.05. The molecular formula is C23H21ClINO5S. The number of carbonyl (C=O) groups is 3. The number of Topliss-reactive ketones (excluding diaryl/α,β-unsaturated/α-hetero) is 1. The van der Waals surface area contributed by atoms with Gasteiger partial charge in [-0.3, -0.25) is 19.3 Å². The zero-order valence-corrected chi connectivity index (χ0v) is 21.3. The van der Waals surface area contributed by atoms with Crippen LogP contribution in [-0.4, -0.2) is 41.6 Å². The van der Waals surface area contributed by atoms with E-state index < -0.39 is 11.1 Å². The van der Waals surface area contributed by atoms with Gasteiger partial charge in [-0.05, 0) is 95.7 Å². The highest BCUT2D eigenvalue weighted by Crippen LogP contribution is 2.37. The lowest BCUT2D eigenvalue weighted by Crippen LogP contribution is -2.33. The van der Waals surface area contributed by atoms with Gasteiger partial charge >= 0.3 is 0 Å². The third-order valence-corrected chi connectivity index (χ3v) is 6.38. The second-order valence-corrected chi connectivity index (χ2v) is 9.40. The predicted molar refractivity (Wildman–Crippen MR) is 135 cm³/mol. The van der Waals surface area contributed by atoms with Gasteiger partial charge in [-0.1, -0.05) is 18.5 Å². The van der Waals surface area contributed by atoms with Crippen LogP contribution in [0.4, 0.5) is 4.79 Å². The Balaban J connectivity index is 1.82. The van der Waals surface area contributed by atoms with Gasteiger partial charge in [0.2, 0.25) is 0 Å². The van der Waals surface area contributed by atoms with E-state index in [1.165, 1.54) is 0 Å². The fourth-order valence-electron chi connectivity index (χ4n) is 2.94.